The number of aliphatic imine (C=N–C) groups is 1. The van der Waals surface area contributed by atoms with Gasteiger partial charge in [-0.2, -0.15) is 0 Å². The maximum absolute atomic E-state index is 6.07. The molecule has 3 aliphatic rings. The second-order valence-corrected chi connectivity index (χ2v) is 8.95. The van der Waals surface area contributed by atoms with Crippen molar-refractivity contribution >= 4 is 33.2 Å². The average Bonchev–Trinajstić information content (AvgIpc) is 3.24. The fourth-order valence-electron chi connectivity index (χ4n) is 4.15. The predicted molar refractivity (Wildman–Crippen MR) is 93.3 cm³/mol. The van der Waals surface area contributed by atoms with Crippen LogP contribution >= 0.6 is 27.3 Å². The third-order valence-electron chi connectivity index (χ3n) is 5.10. The molecule has 2 bridgehead atoms. The molecule has 1 aromatic heterocycles. The van der Waals surface area contributed by atoms with Crippen molar-refractivity contribution in [2.24, 2.45) is 16.8 Å². The number of hydrogen-bond donors (Lipinski definition) is 1. The van der Waals surface area contributed by atoms with Crippen molar-refractivity contribution in [3.05, 3.63) is 20.8 Å². The summed E-state index contributed by atoms with van der Waals surface area (Å²) in [7, 11) is 0. The van der Waals surface area contributed by atoms with Gasteiger partial charge in [-0.25, -0.2) is 4.99 Å². The molecule has 0 saturated carbocycles. The minimum absolute atomic E-state index is 0.510. The molecule has 0 radical (unpaired) electrons. The number of rotatable bonds is 3. The summed E-state index contributed by atoms with van der Waals surface area (Å²) < 4.78 is 7.24. The summed E-state index contributed by atoms with van der Waals surface area (Å²) in [5.41, 5.74) is 0. The second kappa shape index (κ2) is 6.13. The first-order chi connectivity index (χ1) is 10.7. The SMILES string of the molecule is CCNC(=NCc1ccc(Br)s1)N1CC2C3CCC(O3)C2C1. The number of ether oxygens (including phenoxy) is 1. The fourth-order valence-corrected chi connectivity index (χ4v) is 5.56. The molecule has 0 aliphatic carbocycles. The molecular formula is C16H22BrN3OS. The monoisotopic (exact) mass is 383 g/mol. The molecule has 22 heavy (non-hydrogen) atoms. The predicted octanol–water partition coefficient (Wildman–Crippen LogP) is 3.09. The van der Waals surface area contributed by atoms with Crippen molar-refractivity contribution in [1.29, 1.82) is 0 Å². The summed E-state index contributed by atoms with van der Waals surface area (Å²) >= 11 is 5.28. The summed E-state index contributed by atoms with van der Waals surface area (Å²) in [5, 5.41) is 3.47. The average molecular weight is 384 g/mol. The number of guanidine groups is 1. The Kier molecular flexibility index (Phi) is 4.17. The quantitative estimate of drug-likeness (QED) is 0.643. The van der Waals surface area contributed by atoms with Crippen molar-refractivity contribution in [3.8, 4) is 0 Å². The Morgan fingerprint density at radius 3 is 2.68 bits per heavy atom. The zero-order valence-corrected chi connectivity index (χ0v) is 15.2. The highest BCUT2D eigenvalue weighted by atomic mass is 79.9. The maximum Gasteiger partial charge on any atom is 0.194 e. The van der Waals surface area contributed by atoms with Gasteiger partial charge in [-0.1, -0.05) is 0 Å². The zero-order chi connectivity index (χ0) is 15.1. The van der Waals surface area contributed by atoms with E-state index in [4.69, 9.17) is 9.73 Å². The summed E-state index contributed by atoms with van der Waals surface area (Å²) in [6.07, 6.45) is 3.54. The van der Waals surface area contributed by atoms with Gasteiger partial charge in [0.2, 0.25) is 0 Å². The third kappa shape index (κ3) is 2.69. The summed E-state index contributed by atoms with van der Waals surface area (Å²) in [6.45, 7) is 6.02. The Morgan fingerprint density at radius 1 is 1.36 bits per heavy atom. The van der Waals surface area contributed by atoms with Crippen LogP contribution in [0.15, 0.2) is 20.9 Å². The van der Waals surface area contributed by atoms with Crippen molar-refractivity contribution in [2.45, 2.75) is 38.5 Å². The summed E-state index contributed by atoms with van der Waals surface area (Å²) in [6, 6.07) is 4.24. The van der Waals surface area contributed by atoms with Gasteiger partial charge in [-0.3, -0.25) is 0 Å². The molecule has 4 atom stereocenters. The van der Waals surface area contributed by atoms with Crippen LogP contribution in [-0.2, 0) is 11.3 Å². The molecule has 120 valence electrons. The van der Waals surface area contributed by atoms with Crippen molar-refractivity contribution < 1.29 is 4.74 Å². The second-order valence-electron chi connectivity index (χ2n) is 6.40. The van der Waals surface area contributed by atoms with Gasteiger partial charge < -0.3 is 15.0 Å². The van der Waals surface area contributed by atoms with Gasteiger partial charge >= 0.3 is 0 Å². The first kappa shape index (κ1) is 15.0. The lowest BCUT2D eigenvalue weighted by atomic mass is 9.82. The van der Waals surface area contributed by atoms with E-state index in [9.17, 15) is 0 Å². The van der Waals surface area contributed by atoms with E-state index in [0.29, 0.717) is 12.2 Å². The van der Waals surface area contributed by atoms with Gasteiger partial charge in [0.25, 0.3) is 0 Å². The molecule has 4 unspecified atom stereocenters. The first-order valence-electron chi connectivity index (χ1n) is 8.17. The number of halogens is 1. The Bertz CT molecular complexity index is 557. The van der Waals surface area contributed by atoms with E-state index in [1.54, 1.807) is 11.3 Å². The number of fused-ring (bicyclic) bond motifs is 5. The molecule has 6 heteroatoms. The molecule has 1 N–H and O–H groups in total. The van der Waals surface area contributed by atoms with Crippen molar-refractivity contribution in [1.82, 2.24) is 10.2 Å². The van der Waals surface area contributed by atoms with Gasteiger partial charge in [0.15, 0.2) is 5.96 Å². The van der Waals surface area contributed by atoms with Crippen molar-refractivity contribution in [3.63, 3.8) is 0 Å². The normalized spacial score (nSPS) is 33.5. The van der Waals surface area contributed by atoms with Crippen molar-refractivity contribution in [2.75, 3.05) is 19.6 Å². The van der Waals surface area contributed by atoms with Crippen LogP contribution in [-0.4, -0.2) is 42.7 Å². The molecule has 4 nitrogen and oxygen atoms in total. The van der Waals surface area contributed by atoms with Gasteiger partial charge in [-0.15, -0.1) is 11.3 Å². The molecule has 3 aliphatic heterocycles. The van der Waals surface area contributed by atoms with E-state index in [2.05, 4.69) is 45.2 Å². The molecule has 3 saturated heterocycles. The van der Waals surface area contributed by atoms with E-state index < -0.39 is 0 Å². The molecule has 3 fully saturated rings. The van der Waals surface area contributed by atoms with E-state index in [1.165, 1.54) is 21.5 Å². The van der Waals surface area contributed by atoms with Crippen LogP contribution in [0.4, 0.5) is 0 Å². The molecule has 0 aromatic carbocycles. The zero-order valence-electron chi connectivity index (χ0n) is 12.8. The maximum atomic E-state index is 6.07. The number of nitrogens with zero attached hydrogens (tertiary/aromatic N) is 2. The Labute approximate surface area is 144 Å². The third-order valence-corrected chi connectivity index (χ3v) is 6.71. The minimum atomic E-state index is 0.510. The van der Waals surface area contributed by atoms with Crippen LogP contribution in [0.1, 0.15) is 24.6 Å². The van der Waals surface area contributed by atoms with E-state index in [-0.39, 0.29) is 0 Å². The molecule has 0 spiro atoms. The van der Waals surface area contributed by atoms with Gasteiger partial charge in [0, 0.05) is 36.3 Å². The number of likely N-dealkylation sites (tertiary alicyclic amines) is 1. The lowest BCUT2D eigenvalue weighted by Gasteiger charge is -2.23. The Hall–Kier alpha value is -0.590. The highest BCUT2D eigenvalue weighted by Gasteiger charge is 2.53. The fraction of sp³-hybridized carbons (Fsp3) is 0.688. The van der Waals surface area contributed by atoms with Crippen LogP contribution in [0, 0.1) is 11.8 Å². The Balaban J connectivity index is 1.46. The van der Waals surface area contributed by atoms with Crippen LogP contribution in [0.2, 0.25) is 0 Å². The summed E-state index contributed by atoms with van der Waals surface area (Å²) in [4.78, 5) is 8.61. The van der Waals surface area contributed by atoms with E-state index in [1.807, 2.05) is 0 Å². The molecule has 4 rings (SSSR count). The standard InChI is InChI=1S/C16H22BrN3OS/c1-2-18-16(19-7-10-3-6-15(17)22-10)20-8-11-12(9-20)14-5-4-13(11)21-14/h3,6,11-14H,2,4-5,7-9H2,1H3,(H,18,19). The largest absolute Gasteiger partial charge is 0.374 e. The highest BCUT2D eigenvalue weighted by Crippen LogP contribution is 2.47. The molecule has 4 heterocycles. The Morgan fingerprint density at radius 2 is 2.09 bits per heavy atom. The van der Waals surface area contributed by atoms with E-state index >= 15 is 0 Å². The molecular weight excluding hydrogens is 362 g/mol. The topological polar surface area (TPSA) is 36.9 Å². The highest BCUT2D eigenvalue weighted by molar-refractivity contribution is 9.11. The van der Waals surface area contributed by atoms with Gasteiger partial charge in [0.05, 0.1) is 22.5 Å². The molecule has 1 aromatic rings. The lowest BCUT2D eigenvalue weighted by Crippen LogP contribution is -2.41. The number of hydrogen-bond acceptors (Lipinski definition) is 3. The number of nitrogens with one attached hydrogen (secondary N) is 1. The van der Waals surface area contributed by atoms with Crippen LogP contribution in [0.3, 0.4) is 0 Å². The first-order valence-corrected chi connectivity index (χ1v) is 9.78. The number of thiophene rings is 1. The van der Waals surface area contributed by atoms with Crippen LogP contribution in [0.25, 0.3) is 0 Å². The smallest absolute Gasteiger partial charge is 0.194 e. The molecule has 0 amide bonds. The van der Waals surface area contributed by atoms with E-state index in [0.717, 1.165) is 44.0 Å². The van der Waals surface area contributed by atoms with Gasteiger partial charge in [0.1, 0.15) is 0 Å². The lowest BCUT2D eigenvalue weighted by molar-refractivity contribution is 0.0767. The van der Waals surface area contributed by atoms with Crippen LogP contribution in [0.5, 0.6) is 0 Å². The van der Waals surface area contributed by atoms with Crippen LogP contribution < -0.4 is 5.32 Å². The van der Waals surface area contributed by atoms with Gasteiger partial charge in [-0.05, 0) is 47.8 Å². The minimum Gasteiger partial charge on any atom is -0.374 e. The summed E-state index contributed by atoms with van der Waals surface area (Å²) in [5.74, 6) is 2.51.